The molecule has 0 bridgehead atoms. The molecule has 0 aliphatic carbocycles. The van der Waals surface area contributed by atoms with Gasteiger partial charge in [-0.2, -0.15) is 0 Å². The van der Waals surface area contributed by atoms with Crippen molar-refractivity contribution < 1.29 is 19.1 Å². The first-order chi connectivity index (χ1) is 16.4. The second kappa shape index (κ2) is 8.65. The second-order valence-electron chi connectivity index (χ2n) is 9.16. The number of hydrogen-bond donors (Lipinski definition) is 0. The molecule has 1 aromatic carbocycles. The number of methoxy groups -OCH3 is 2. The Balaban J connectivity index is 1.51. The molecule has 2 aromatic rings. The fourth-order valence-electron chi connectivity index (χ4n) is 5.90. The summed E-state index contributed by atoms with van der Waals surface area (Å²) in [5, 5.41) is 1.93. The number of hydrogen-bond acceptors (Lipinski definition) is 5. The molecule has 2 saturated heterocycles. The van der Waals surface area contributed by atoms with Crippen molar-refractivity contribution in [1.29, 1.82) is 0 Å². The van der Waals surface area contributed by atoms with Crippen LogP contribution in [-0.4, -0.2) is 66.0 Å². The number of rotatable bonds is 4. The average Bonchev–Trinajstić information content (AvgIpc) is 3.42. The molecule has 2 fully saturated rings. The Hall–Kier alpha value is -3.00. The predicted octanol–water partition coefficient (Wildman–Crippen LogP) is 4.70. The molecule has 0 unspecified atom stereocenters. The van der Waals surface area contributed by atoms with Gasteiger partial charge in [-0.15, -0.1) is 11.3 Å². The molecular weight excluding hydrogens is 450 g/mol. The number of carbonyl (C=O) groups is 2. The van der Waals surface area contributed by atoms with E-state index in [-0.39, 0.29) is 17.9 Å². The second-order valence-corrected chi connectivity index (χ2v) is 10.1. The summed E-state index contributed by atoms with van der Waals surface area (Å²) in [6.07, 6.45) is 3.70. The van der Waals surface area contributed by atoms with Gasteiger partial charge in [-0.05, 0) is 42.8 Å². The summed E-state index contributed by atoms with van der Waals surface area (Å²) >= 11 is 1.48. The Bertz CT molecular complexity index is 1140. The number of benzene rings is 1. The maximum atomic E-state index is 13.7. The van der Waals surface area contributed by atoms with Crippen molar-refractivity contribution in [2.75, 3.05) is 33.9 Å². The lowest BCUT2D eigenvalue weighted by Crippen LogP contribution is -2.54. The highest BCUT2D eigenvalue weighted by Gasteiger charge is 2.55. The zero-order valence-corrected chi connectivity index (χ0v) is 21.0. The van der Waals surface area contributed by atoms with Gasteiger partial charge < -0.3 is 19.3 Å². The minimum absolute atomic E-state index is 0.0358. The van der Waals surface area contributed by atoms with Gasteiger partial charge in [0.15, 0.2) is 0 Å². The molecule has 180 valence electrons. The first-order valence-corrected chi connectivity index (χ1v) is 12.7. The third kappa shape index (κ3) is 3.38. The predicted molar refractivity (Wildman–Crippen MR) is 132 cm³/mol. The van der Waals surface area contributed by atoms with Crippen LogP contribution in [0, 0.1) is 0 Å². The summed E-state index contributed by atoms with van der Waals surface area (Å²) in [7, 11) is 3.32. The van der Waals surface area contributed by atoms with Crippen LogP contribution in [0.2, 0.25) is 0 Å². The highest BCUT2D eigenvalue weighted by molar-refractivity contribution is 7.12. The van der Waals surface area contributed by atoms with E-state index in [0.29, 0.717) is 26.2 Å². The molecule has 34 heavy (non-hydrogen) atoms. The number of urea groups is 1. The van der Waals surface area contributed by atoms with Crippen LogP contribution in [0.25, 0.3) is 0 Å². The molecule has 3 amide bonds. The molecule has 1 spiro atoms. The maximum Gasteiger partial charge on any atom is 0.325 e. The summed E-state index contributed by atoms with van der Waals surface area (Å²) in [4.78, 5) is 33.3. The lowest BCUT2D eigenvalue weighted by atomic mass is 9.82. The summed E-state index contributed by atoms with van der Waals surface area (Å²) in [6, 6.07) is 7.75. The van der Waals surface area contributed by atoms with Gasteiger partial charge in [0, 0.05) is 42.9 Å². The number of allylic oxidation sites excluding steroid dienone is 1. The molecule has 1 atom stereocenters. The summed E-state index contributed by atoms with van der Waals surface area (Å²) in [5.74, 6) is 1.66. The van der Waals surface area contributed by atoms with Crippen LogP contribution in [0.5, 0.6) is 11.5 Å². The van der Waals surface area contributed by atoms with E-state index in [0.717, 1.165) is 46.0 Å². The molecule has 4 heterocycles. The van der Waals surface area contributed by atoms with Crippen molar-refractivity contribution in [2.45, 2.75) is 44.7 Å². The van der Waals surface area contributed by atoms with Crippen LogP contribution in [0.3, 0.4) is 0 Å². The zero-order chi connectivity index (χ0) is 24.0. The van der Waals surface area contributed by atoms with E-state index < -0.39 is 5.54 Å². The monoisotopic (exact) mass is 481 g/mol. The number of piperidine rings is 1. The molecule has 3 aliphatic heterocycles. The van der Waals surface area contributed by atoms with E-state index in [9.17, 15) is 9.59 Å². The minimum atomic E-state index is -0.397. The fraction of sp³-hybridized carbons (Fsp3) is 0.462. The lowest BCUT2D eigenvalue weighted by molar-refractivity contribution is 0.0580. The number of fused-ring (bicyclic) bond motifs is 3. The van der Waals surface area contributed by atoms with Gasteiger partial charge in [0.25, 0.3) is 5.91 Å². The van der Waals surface area contributed by atoms with Crippen molar-refractivity contribution in [1.82, 2.24) is 14.7 Å². The van der Waals surface area contributed by atoms with Gasteiger partial charge in [0.05, 0.1) is 31.2 Å². The number of thiophene rings is 1. The summed E-state index contributed by atoms with van der Waals surface area (Å²) in [5.41, 5.74) is 2.81. The van der Waals surface area contributed by atoms with Crippen LogP contribution >= 0.6 is 11.3 Å². The molecule has 0 saturated carbocycles. The standard InChI is InChI=1S/C26H31N3O4S/c1-5-29-25(31)28-16-18-14-19(32-3)15-20(33-4)23(18)17(2)13-22(28)26(29)8-10-27(11-9-26)24(30)21-7-6-12-34-21/h6-7,12-15,17H,5,8-11,16H2,1-4H3/t17-/m0/s1. The highest BCUT2D eigenvalue weighted by atomic mass is 32.1. The zero-order valence-electron chi connectivity index (χ0n) is 20.2. The van der Waals surface area contributed by atoms with Gasteiger partial charge in [-0.3, -0.25) is 9.69 Å². The van der Waals surface area contributed by atoms with Crippen molar-refractivity contribution >= 4 is 23.3 Å². The van der Waals surface area contributed by atoms with Crippen LogP contribution < -0.4 is 9.47 Å². The average molecular weight is 482 g/mol. The Kier molecular flexibility index (Phi) is 5.80. The van der Waals surface area contributed by atoms with E-state index in [1.54, 1.807) is 14.2 Å². The van der Waals surface area contributed by atoms with Gasteiger partial charge >= 0.3 is 6.03 Å². The first kappa shape index (κ1) is 22.8. The van der Waals surface area contributed by atoms with Crippen molar-refractivity contribution in [2.24, 2.45) is 0 Å². The van der Waals surface area contributed by atoms with Gasteiger partial charge in [0.1, 0.15) is 11.5 Å². The van der Waals surface area contributed by atoms with E-state index in [2.05, 4.69) is 13.0 Å². The maximum absolute atomic E-state index is 13.7. The molecular formula is C26H31N3O4S. The van der Waals surface area contributed by atoms with E-state index in [1.165, 1.54) is 11.3 Å². The molecule has 0 radical (unpaired) electrons. The number of ether oxygens (including phenoxy) is 2. The van der Waals surface area contributed by atoms with E-state index >= 15 is 0 Å². The largest absolute Gasteiger partial charge is 0.497 e. The van der Waals surface area contributed by atoms with Crippen LogP contribution in [0.15, 0.2) is 41.4 Å². The number of likely N-dealkylation sites (tertiary alicyclic amines) is 1. The van der Waals surface area contributed by atoms with Crippen LogP contribution in [-0.2, 0) is 6.54 Å². The SMILES string of the molecule is CCN1C(=O)N2Cc3cc(OC)cc(OC)c3[C@@H](C)C=C2C12CCN(C(=O)c1cccs1)CC2. The number of amides is 3. The van der Waals surface area contributed by atoms with Crippen molar-refractivity contribution in [3.63, 3.8) is 0 Å². The summed E-state index contributed by atoms with van der Waals surface area (Å²) < 4.78 is 11.2. The van der Waals surface area contributed by atoms with E-state index in [1.807, 2.05) is 51.3 Å². The fourth-order valence-corrected chi connectivity index (χ4v) is 6.59. The molecule has 8 heteroatoms. The third-order valence-corrected chi connectivity index (χ3v) is 8.38. The molecule has 0 N–H and O–H groups in total. The van der Waals surface area contributed by atoms with Crippen LogP contribution in [0.1, 0.15) is 53.4 Å². The van der Waals surface area contributed by atoms with Crippen LogP contribution in [0.4, 0.5) is 4.79 Å². The lowest BCUT2D eigenvalue weighted by Gasteiger charge is -2.44. The molecule has 7 nitrogen and oxygen atoms in total. The highest BCUT2D eigenvalue weighted by Crippen LogP contribution is 2.49. The molecule has 3 aliphatic rings. The normalized spacial score (nSPS) is 21.2. The third-order valence-electron chi connectivity index (χ3n) is 7.52. The van der Waals surface area contributed by atoms with Crippen molar-refractivity contribution in [3.05, 3.63) is 57.4 Å². The Morgan fingerprint density at radius 3 is 2.59 bits per heavy atom. The van der Waals surface area contributed by atoms with Gasteiger partial charge in [-0.1, -0.05) is 19.1 Å². The van der Waals surface area contributed by atoms with E-state index in [4.69, 9.17) is 9.47 Å². The number of likely N-dealkylation sites (N-methyl/N-ethyl adjacent to an activating group) is 1. The Morgan fingerprint density at radius 1 is 1.21 bits per heavy atom. The number of nitrogens with zero attached hydrogens (tertiary/aromatic N) is 3. The Labute approximate surface area is 204 Å². The quantitative estimate of drug-likeness (QED) is 0.635. The van der Waals surface area contributed by atoms with Crippen molar-refractivity contribution in [3.8, 4) is 11.5 Å². The van der Waals surface area contributed by atoms with Gasteiger partial charge in [-0.25, -0.2) is 4.79 Å². The summed E-state index contributed by atoms with van der Waals surface area (Å²) in [6.45, 7) is 6.57. The molecule has 1 aromatic heterocycles. The minimum Gasteiger partial charge on any atom is -0.497 e. The first-order valence-electron chi connectivity index (χ1n) is 11.8. The smallest absolute Gasteiger partial charge is 0.325 e. The Morgan fingerprint density at radius 2 is 1.97 bits per heavy atom. The number of carbonyl (C=O) groups excluding carboxylic acids is 2. The molecule has 5 rings (SSSR count). The van der Waals surface area contributed by atoms with Gasteiger partial charge in [0.2, 0.25) is 0 Å². The topological polar surface area (TPSA) is 62.3 Å².